The van der Waals surface area contributed by atoms with Gasteiger partial charge in [0.15, 0.2) is 11.6 Å². The van der Waals surface area contributed by atoms with Gasteiger partial charge in [0.25, 0.3) is 0 Å². The lowest BCUT2D eigenvalue weighted by Gasteiger charge is -2.26. The highest BCUT2D eigenvalue weighted by Gasteiger charge is 2.39. The normalized spacial score (nSPS) is 22.0. The van der Waals surface area contributed by atoms with E-state index in [1.54, 1.807) is 20.8 Å². The van der Waals surface area contributed by atoms with Crippen LogP contribution in [0, 0.1) is 17.5 Å². The maximum atomic E-state index is 13.8. The minimum Gasteiger partial charge on any atom is -0.444 e. The van der Waals surface area contributed by atoms with Crippen molar-refractivity contribution in [3.63, 3.8) is 0 Å². The minimum atomic E-state index is -1.29. The highest BCUT2D eigenvalue weighted by Crippen LogP contribution is 2.35. The number of aliphatic hydroxyl groups excluding tert-OH is 1. The van der Waals surface area contributed by atoms with Gasteiger partial charge in [-0.2, -0.15) is 0 Å². The first-order chi connectivity index (χ1) is 10.1. The topological polar surface area (TPSA) is 49.8 Å². The number of aliphatic hydroxyl groups is 1. The number of hydrogen-bond acceptors (Lipinski definition) is 3. The molecular formula is C15H18F3NO3. The zero-order valence-electron chi connectivity index (χ0n) is 12.6. The summed E-state index contributed by atoms with van der Waals surface area (Å²) in [5, 5.41) is 9.93. The van der Waals surface area contributed by atoms with Crippen molar-refractivity contribution in [3.8, 4) is 0 Å². The molecule has 22 heavy (non-hydrogen) atoms. The van der Waals surface area contributed by atoms with Crippen LogP contribution in [0.1, 0.15) is 38.7 Å². The third kappa shape index (κ3) is 3.35. The Bertz CT molecular complexity index is 586. The molecular weight excluding hydrogens is 299 g/mol. The molecule has 1 heterocycles. The van der Waals surface area contributed by atoms with E-state index in [9.17, 15) is 23.1 Å². The molecule has 4 nitrogen and oxygen atoms in total. The van der Waals surface area contributed by atoms with Gasteiger partial charge in [0.1, 0.15) is 17.6 Å². The third-order valence-corrected chi connectivity index (χ3v) is 3.39. The monoisotopic (exact) mass is 317 g/mol. The number of amides is 1. The van der Waals surface area contributed by atoms with E-state index >= 15 is 0 Å². The Hall–Kier alpha value is -1.76. The number of benzene rings is 1. The van der Waals surface area contributed by atoms with Crippen molar-refractivity contribution in [1.82, 2.24) is 4.90 Å². The molecule has 0 bridgehead atoms. The Labute approximate surface area is 126 Å². The summed E-state index contributed by atoms with van der Waals surface area (Å²) < 4.78 is 46.0. The molecule has 1 aliphatic heterocycles. The van der Waals surface area contributed by atoms with Crippen molar-refractivity contribution in [2.45, 2.75) is 44.9 Å². The molecule has 1 fully saturated rings. The second-order valence-electron chi connectivity index (χ2n) is 6.30. The summed E-state index contributed by atoms with van der Waals surface area (Å²) in [6.45, 7) is 4.84. The zero-order valence-corrected chi connectivity index (χ0v) is 12.6. The molecule has 7 heteroatoms. The first-order valence-electron chi connectivity index (χ1n) is 6.91. The quantitative estimate of drug-likeness (QED) is 0.810. The van der Waals surface area contributed by atoms with Crippen LogP contribution in [-0.2, 0) is 4.74 Å². The number of carbonyl (C=O) groups excluding carboxylic acids is 1. The molecule has 0 saturated carbocycles. The van der Waals surface area contributed by atoms with Crippen LogP contribution in [0.5, 0.6) is 0 Å². The Morgan fingerprint density at radius 3 is 2.45 bits per heavy atom. The second-order valence-corrected chi connectivity index (χ2v) is 6.30. The van der Waals surface area contributed by atoms with Gasteiger partial charge in [-0.3, -0.25) is 4.90 Å². The predicted molar refractivity (Wildman–Crippen MR) is 72.6 cm³/mol. The van der Waals surface area contributed by atoms with Crippen LogP contribution in [0.15, 0.2) is 12.1 Å². The number of carbonyl (C=O) groups is 1. The van der Waals surface area contributed by atoms with Gasteiger partial charge in [-0.1, -0.05) is 0 Å². The van der Waals surface area contributed by atoms with Gasteiger partial charge in [-0.15, -0.1) is 0 Å². The lowest BCUT2D eigenvalue weighted by atomic mass is 9.96. The van der Waals surface area contributed by atoms with E-state index in [4.69, 9.17) is 4.74 Å². The van der Waals surface area contributed by atoms with Gasteiger partial charge in [-0.05, 0) is 32.9 Å². The summed E-state index contributed by atoms with van der Waals surface area (Å²) in [5.41, 5.74) is -1.21. The van der Waals surface area contributed by atoms with Gasteiger partial charge in [0.05, 0.1) is 0 Å². The molecule has 0 aliphatic carbocycles. The maximum absolute atomic E-state index is 13.8. The predicted octanol–water partition coefficient (Wildman–Crippen LogP) is 3.15. The average molecular weight is 317 g/mol. The summed E-state index contributed by atoms with van der Waals surface area (Å²) in [4.78, 5) is 13.0. The highest BCUT2D eigenvalue weighted by molar-refractivity contribution is 5.69. The van der Waals surface area contributed by atoms with E-state index in [1.165, 1.54) is 0 Å². The van der Waals surface area contributed by atoms with Crippen molar-refractivity contribution in [2.24, 2.45) is 0 Å². The SMILES string of the molecule is CC(C)(C)OC(=O)N1CC(c2c(F)ccc(F)c2F)CC1O. The van der Waals surface area contributed by atoms with Crippen molar-refractivity contribution >= 4 is 6.09 Å². The maximum Gasteiger partial charge on any atom is 0.412 e. The van der Waals surface area contributed by atoms with Crippen molar-refractivity contribution in [3.05, 3.63) is 35.1 Å². The van der Waals surface area contributed by atoms with E-state index < -0.39 is 46.9 Å². The number of halogens is 3. The van der Waals surface area contributed by atoms with E-state index in [1.807, 2.05) is 0 Å². The number of rotatable bonds is 1. The standard InChI is InChI=1S/C15H18F3NO3/c1-15(2,3)22-14(21)19-7-8(6-11(19)20)12-9(16)4-5-10(17)13(12)18/h4-5,8,11,20H,6-7H2,1-3H3. The second kappa shape index (κ2) is 5.79. The molecule has 0 spiro atoms. The smallest absolute Gasteiger partial charge is 0.412 e. The van der Waals surface area contributed by atoms with Crippen molar-refractivity contribution in [1.29, 1.82) is 0 Å². The van der Waals surface area contributed by atoms with Gasteiger partial charge in [-0.25, -0.2) is 18.0 Å². The first kappa shape index (κ1) is 16.6. The number of ether oxygens (including phenoxy) is 1. The van der Waals surface area contributed by atoms with Gasteiger partial charge in [0.2, 0.25) is 0 Å². The molecule has 1 N–H and O–H groups in total. The molecule has 0 radical (unpaired) electrons. The highest BCUT2D eigenvalue weighted by atomic mass is 19.2. The van der Waals surface area contributed by atoms with Gasteiger partial charge < -0.3 is 9.84 Å². The number of nitrogens with zero attached hydrogens (tertiary/aromatic N) is 1. The van der Waals surface area contributed by atoms with Crippen LogP contribution in [0.3, 0.4) is 0 Å². The molecule has 1 aromatic carbocycles. The summed E-state index contributed by atoms with van der Waals surface area (Å²) in [6, 6.07) is 1.53. The van der Waals surface area contributed by atoms with Crippen LogP contribution in [0.4, 0.5) is 18.0 Å². The van der Waals surface area contributed by atoms with Gasteiger partial charge in [0, 0.05) is 24.4 Å². The van der Waals surface area contributed by atoms with E-state index in [2.05, 4.69) is 0 Å². The molecule has 2 atom stereocenters. The molecule has 1 amide bonds. The molecule has 2 rings (SSSR count). The Morgan fingerprint density at radius 1 is 1.27 bits per heavy atom. The molecule has 0 aromatic heterocycles. The molecule has 122 valence electrons. The van der Waals surface area contributed by atoms with E-state index in [0.717, 1.165) is 11.0 Å². The summed E-state index contributed by atoms with van der Waals surface area (Å²) >= 11 is 0. The van der Waals surface area contributed by atoms with Crippen LogP contribution >= 0.6 is 0 Å². The summed E-state index contributed by atoms with van der Waals surface area (Å²) in [5.74, 6) is -4.19. The largest absolute Gasteiger partial charge is 0.444 e. The fourth-order valence-corrected chi connectivity index (χ4v) is 2.46. The summed E-state index contributed by atoms with van der Waals surface area (Å²) in [7, 11) is 0. The average Bonchev–Trinajstić information content (AvgIpc) is 2.74. The molecule has 1 aromatic rings. The van der Waals surface area contributed by atoms with Crippen LogP contribution < -0.4 is 0 Å². The number of hydrogen-bond donors (Lipinski definition) is 1. The van der Waals surface area contributed by atoms with Crippen LogP contribution in [0.2, 0.25) is 0 Å². The number of likely N-dealkylation sites (tertiary alicyclic amines) is 1. The van der Waals surface area contributed by atoms with Crippen molar-refractivity contribution in [2.75, 3.05) is 6.54 Å². The fraction of sp³-hybridized carbons (Fsp3) is 0.533. The lowest BCUT2D eigenvalue weighted by Crippen LogP contribution is -2.39. The van der Waals surface area contributed by atoms with Crippen LogP contribution in [-0.4, -0.2) is 34.5 Å². The van der Waals surface area contributed by atoms with Gasteiger partial charge >= 0.3 is 6.09 Å². The molecule has 1 saturated heterocycles. The lowest BCUT2D eigenvalue weighted by molar-refractivity contribution is -0.0128. The first-order valence-corrected chi connectivity index (χ1v) is 6.91. The zero-order chi connectivity index (χ0) is 16.7. The fourth-order valence-electron chi connectivity index (χ4n) is 2.46. The molecule has 2 unspecified atom stereocenters. The van der Waals surface area contributed by atoms with E-state index in [-0.39, 0.29) is 13.0 Å². The third-order valence-electron chi connectivity index (χ3n) is 3.39. The van der Waals surface area contributed by atoms with Crippen molar-refractivity contribution < 1.29 is 27.8 Å². The van der Waals surface area contributed by atoms with E-state index in [0.29, 0.717) is 6.07 Å². The minimum absolute atomic E-state index is 0.0868. The Kier molecular flexibility index (Phi) is 4.37. The van der Waals surface area contributed by atoms with Crippen LogP contribution in [0.25, 0.3) is 0 Å². The molecule has 1 aliphatic rings. The Balaban J connectivity index is 2.21. The summed E-state index contributed by atoms with van der Waals surface area (Å²) in [6.07, 6.45) is -2.10. The Morgan fingerprint density at radius 2 is 1.86 bits per heavy atom.